The third-order valence-corrected chi connectivity index (χ3v) is 5.37. The standard InChI is InChI=1S/C24H26N2O4/c1-16(2)24(17-8-9-21-22(12-17)30-11-5-10-29-21)25-23(28)14-26-13-18(15-27)19-6-3-4-7-20(19)26/h3-4,6-9,12-13,15-16,24H,5,10-11,14H2,1-2H3,(H,25,28)/t24-/m1/s1. The van der Waals surface area contributed by atoms with Crippen LogP contribution in [0.2, 0.25) is 0 Å². The van der Waals surface area contributed by atoms with Gasteiger partial charge in [0.15, 0.2) is 17.8 Å². The summed E-state index contributed by atoms with van der Waals surface area (Å²) in [7, 11) is 0. The molecule has 6 heteroatoms. The Morgan fingerprint density at radius 2 is 1.90 bits per heavy atom. The molecule has 0 unspecified atom stereocenters. The molecule has 1 aromatic heterocycles. The molecule has 30 heavy (non-hydrogen) atoms. The number of amides is 1. The van der Waals surface area contributed by atoms with Crippen LogP contribution < -0.4 is 14.8 Å². The Hall–Kier alpha value is -3.28. The molecule has 0 spiro atoms. The summed E-state index contributed by atoms with van der Waals surface area (Å²) in [6.45, 7) is 5.55. The number of nitrogens with one attached hydrogen (secondary N) is 1. The minimum absolute atomic E-state index is 0.112. The highest BCUT2D eigenvalue weighted by Gasteiger charge is 2.22. The van der Waals surface area contributed by atoms with Crippen molar-refractivity contribution in [1.29, 1.82) is 0 Å². The molecule has 1 amide bonds. The third-order valence-electron chi connectivity index (χ3n) is 5.37. The van der Waals surface area contributed by atoms with Crippen molar-refractivity contribution >= 4 is 23.1 Å². The van der Waals surface area contributed by atoms with Gasteiger partial charge in [0.2, 0.25) is 5.91 Å². The van der Waals surface area contributed by atoms with E-state index in [0.29, 0.717) is 18.8 Å². The van der Waals surface area contributed by atoms with E-state index in [1.807, 2.05) is 47.0 Å². The summed E-state index contributed by atoms with van der Waals surface area (Å²) in [6.07, 6.45) is 3.41. The van der Waals surface area contributed by atoms with Crippen molar-refractivity contribution < 1.29 is 19.1 Å². The fourth-order valence-corrected chi connectivity index (χ4v) is 3.88. The zero-order valence-corrected chi connectivity index (χ0v) is 17.3. The van der Waals surface area contributed by atoms with Crippen molar-refractivity contribution in [3.63, 3.8) is 0 Å². The Morgan fingerprint density at radius 3 is 2.67 bits per heavy atom. The van der Waals surface area contributed by atoms with Crippen molar-refractivity contribution in [1.82, 2.24) is 9.88 Å². The minimum atomic E-state index is -0.165. The molecule has 0 fully saturated rings. The van der Waals surface area contributed by atoms with Gasteiger partial charge in [0, 0.05) is 29.1 Å². The average Bonchev–Trinajstić information content (AvgIpc) is 2.92. The lowest BCUT2D eigenvalue weighted by molar-refractivity contribution is -0.122. The predicted molar refractivity (Wildman–Crippen MR) is 115 cm³/mol. The Kier molecular flexibility index (Phi) is 5.74. The van der Waals surface area contributed by atoms with Crippen molar-refractivity contribution in [2.24, 2.45) is 5.92 Å². The van der Waals surface area contributed by atoms with Gasteiger partial charge in [-0.2, -0.15) is 0 Å². The lowest BCUT2D eigenvalue weighted by atomic mass is 9.95. The van der Waals surface area contributed by atoms with E-state index >= 15 is 0 Å². The van der Waals surface area contributed by atoms with Crippen LogP contribution in [0.25, 0.3) is 10.9 Å². The highest BCUT2D eigenvalue weighted by Crippen LogP contribution is 2.34. The molecular weight excluding hydrogens is 380 g/mol. The Bertz CT molecular complexity index is 1070. The van der Waals surface area contributed by atoms with Crippen LogP contribution in [0.3, 0.4) is 0 Å². The van der Waals surface area contributed by atoms with Gasteiger partial charge in [0.05, 0.1) is 19.3 Å². The number of hydrogen-bond acceptors (Lipinski definition) is 4. The first-order chi connectivity index (χ1) is 14.6. The minimum Gasteiger partial charge on any atom is -0.490 e. The number of rotatable bonds is 6. The van der Waals surface area contributed by atoms with Crippen LogP contribution in [-0.2, 0) is 11.3 Å². The van der Waals surface area contributed by atoms with Gasteiger partial charge in [-0.3, -0.25) is 9.59 Å². The molecule has 1 aliphatic rings. The maximum atomic E-state index is 12.9. The maximum absolute atomic E-state index is 12.9. The first-order valence-electron chi connectivity index (χ1n) is 10.3. The molecule has 4 rings (SSSR count). The fraction of sp³-hybridized carbons (Fsp3) is 0.333. The SMILES string of the molecule is CC(C)[C@@H](NC(=O)Cn1cc(C=O)c2ccccc21)c1ccc2c(c1)OCCCO2. The molecule has 0 bridgehead atoms. The Morgan fingerprint density at radius 1 is 1.13 bits per heavy atom. The number of fused-ring (bicyclic) bond motifs is 2. The maximum Gasteiger partial charge on any atom is 0.240 e. The van der Waals surface area contributed by atoms with E-state index in [2.05, 4.69) is 19.2 Å². The van der Waals surface area contributed by atoms with Gasteiger partial charge in [0.25, 0.3) is 0 Å². The van der Waals surface area contributed by atoms with Gasteiger partial charge in [-0.05, 0) is 29.7 Å². The van der Waals surface area contributed by atoms with Crippen LogP contribution >= 0.6 is 0 Å². The fourth-order valence-electron chi connectivity index (χ4n) is 3.88. The smallest absolute Gasteiger partial charge is 0.240 e. The van der Waals surface area contributed by atoms with Gasteiger partial charge in [0.1, 0.15) is 6.54 Å². The summed E-state index contributed by atoms with van der Waals surface area (Å²) >= 11 is 0. The number of ether oxygens (including phenoxy) is 2. The van der Waals surface area contributed by atoms with E-state index in [1.165, 1.54) is 0 Å². The number of carbonyl (C=O) groups is 2. The summed E-state index contributed by atoms with van der Waals surface area (Å²) in [5, 5.41) is 4.00. The molecule has 0 radical (unpaired) electrons. The van der Waals surface area contributed by atoms with Crippen molar-refractivity contribution in [3.05, 3.63) is 59.8 Å². The third kappa shape index (κ3) is 4.03. The first kappa shape index (κ1) is 20.0. The lowest BCUT2D eigenvalue weighted by Crippen LogP contribution is -2.34. The molecule has 1 atom stereocenters. The summed E-state index contributed by atoms with van der Waals surface area (Å²) in [5.74, 6) is 1.53. The first-order valence-corrected chi connectivity index (χ1v) is 10.3. The molecule has 156 valence electrons. The zero-order chi connectivity index (χ0) is 21.1. The van der Waals surface area contributed by atoms with E-state index < -0.39 is 0 Å². The van der Waals surface area contributed by atoms with E-state index in [-0.39, 0.29) is 24.4 Å². The van der Waals surface area contributed by atoms with Gasteiger partial charge in [-0.25, -0.2) is 0 Å². The van der Waals surface area contributed by atoms with Crippen LogP contribution in [0.5, 0.6) is 11.5 Å². The molecule has 2 aromatic carbocycles. The topological polar surface area (TPSA) is 69.6 Å². The second-order valence-electron chi connectivity index (χ2n) is 7.89. The number of para-hydroxylation sites is 1. The second-order valence-corrected chi connectivity index (χ2v) is 7.89. The molecule has 1 aliphatic heterocycles. The number of aldehydes is 1. The molecule has 6 nitrogen and oxygen atoms in total. The van der Waals surface area contributed by atoms with Crippen LogP contribution in [-0.4, -0.2) is 30.0 Å². The van der Waals surface area contributed by atoms with Gasteiger partial charge in [-0.1, -0.05) is 38.1 Å². The molecule has 0 saturated carbocycles. The van der Waals surface area contributed by atoms with Gasteiger partial charge < -0.3 is 19.4 Å². The average molecular weight is 406 g/mol. The molecular formula is C24H26N2O4. The zero-order valence-electron chi connectivity index (χ0n) is 17.3. The summed E-state index contributed by atoms with van der Waals surface area (Å²) in [5.41, 5.74) is 2.43. The molecule has 0 aliphatic carbocycles. The number of aromatic nitrogens is 1. The largest absolute Gasteiger partial charge is 0.490 e. The molecule has 0 saturated heterocycles. The molecule has 3 aromatic rings. The normalized spacial score (nSPS) is 14.4. The van der Waals surface area contributed by atoms with Crippen LogP contribution in [0, 0.1) is 5.92 Å². The summed E-state index contributed by atoms with van der Waals surface area (Å²) in [4.78, 5) is 24.3. The van der Waals surface area contributed by atoms with E-state index in [9.17, 15) is 9.59 Å². The highest BCUT2D eigenvalue weighted by molar-refractivity contribution is 5.98. The van der Waals surface area contributed by atoms with Crippen molar-refractivity contribution in [2.75, 3.05) is 13.2 Å². The molecule has 2 heterocycles. The summed E-state index contributed by atoms with van der Waals surface area (Å²) in [6, 6.07) is 13.3. The van der Waals surface area contributed by atoms with E-state index in [0.717, 1.165) is 40.7 Å². The number of benzene rings is 2. The molecule has 1 N–H and O–H groups in total. The predicted octanol–water partition coefficient (Wildman–Crippen LogP) is 4.13. The van der Waals surface area contributed by atoms with Crippen LogP contribution in [0.1, 0.15) is 42.2 Å². The Labute approximate surface area is 175 Å². The monoisotopic (exact) mass is 406 g/mol. The van der Waals surface area contributed by atoms with Crippen LogP contribution in [0.4, 0.5) is 0 Å². The second kappa shape index (κ2) is 8.61. The Balaban J connectivity index is 1.55. The summed E-state index contributed by atoms with van der Waals surface area (Å²) < 4.78 is 13.3. The van der Waals surface area contributed by atoms with E-state index in [4.69, 9.17) is 9.47 Å². The lowest BCUT2D eigenvalue weighted by Gasteiger charge is -2.24. The van der Waals surface area contributed by atoms with E-state index in [1.54, 1.807) is 6.20 Å². The van der Waals surface area contributed by atoms with Gasteiger partial charge >= 0.3 is 0 Å². The number of nitrogens with zero attached hydrogens (tertiary/aromatic N) is 1. The quantitative estimate of drug-likeness (QED) is 0.625. The van der Waals surface area contributed by atoms with Crippen LogP contribution in [0.15, 0.2) is 48.7 Å². The van der Waals surface area contributed by atoms with Crippen molar-refractivity contribution in [2.45, 2.75) is 32.9 Å². The number of hydrogen-bond donors (Lipinski definition) is 1. The highest BCUT2D eigenvalue weighted by atomic mass is 16.5. The van der Waals surface area contributed by atoms with Gasteiger partial charge in [-0.15, -0.1) is 0 Å². The van der Waals surface area contributed by atoms with Crippen molar-refractivity contribution in [3.8, 4) is 11.5 Å². The number of carbonyl (C=O) groups excluding carboxylic acids is 2.